The molecule has 1 N–H and O–H groups in total. The summed E-state index contributed by atoms with van der Waals surface area (Å²) in [7, 11) is 1.77. The summed E-state index contributed by atoms with van der Waals surface area (Å²) in [6.07, 6.45) is 3.31. The van der Waals surface area contributed by atoms with Crippen LogP contribution in [-0.4, -0.2) is 20.6 Å². The zero-order chi connectivity index (χ0) is 20.4. The molecule has 4 aromatic rings. The van der Waals surface area contributed by atoms with Gasteiger partial charge in [0.1, 0.15) is 23.5 Å². The normalized spacial score (nSPS) is 12.0. The minimum absolute atomic E-state index is 0.0288. The number of imidazole rings is 1. The number of nitrogens with zero attached hydrogens (tertiary/aromatic N) is 3. The molecule has 1 amide bonds. The van der Waals surface area contributed by atoms with Gasteiger partial charge in [0.15, 0.2) is 11.5 Å². The highest BCUT2D eigenvalue weighted by molar-refractivity contribution is 5.93. The highest BCUT2D eigenvalue weighted by Gasteiger charge is 2.24. The van der Waals surface area contributed by atoms with Gasteiger partial charge in [-0.05, 0) is 29.8 Å². The van der Waals surface area contributed by atoms with Crippen molar-refractivity contribution in [2.45, 2.75) is 6.04 Å². The lowest BCUT2D eigenvalue weighted by Crippen LogP contribution is -2.31. The molecular weight excluding hydrogens is 378 g/mol. The average molecular weight is 394 g/mol. The van der Waals surface area contributed by atoms with Crippen molar-refractivity contribution in [2.75, 3.05) is 0 Å². The van der Waals surface area contributed by atoms with Crippen molar-refractivity contribution < 1.29 is 18.1 Å². The van der Waals surface area contributed by atoms with Gasteiger partial charge in [-0.3, -0.25) is 4.79 Å². The number of amides is 1. The third-order valence-electron chi connectivity index (χ3n) is 4.46. The van der Waals surface area contributed by atoms with Crippen LogP contribution in [0, 0.1) is 11.6 Å². The van der Waals surface area contributed by atoms with E-state index >= 15 is 0 Å². The number of hydrogen-bond acceptors (Lipinski definition) is 4. The number of benzene rings is 2. The first-order chi connectivity index (χ1) is 14.0. The van der Waals surface area contributed by atoms with E-state index in [9.17, 15) is 13.6 Å². The molecule has 1 atom stereocenters. The van der Waals surface area contributed by atoms with Crippen molar-refractivity contribution in [2.24, 2.45) is 7.05 Å². The third-order valence-corrected chi connectivity index (χ3v) is 4.46. The molecule has 2 aromatic heterocycles. The maximum absolute atomic E-state index is 14.0. The summed E-state index contributed by atoms with van der Waals surface area (Å²) in [5.41, 5.74) is 0.689. The zero-order valence-electron chi connectivity index (χ0n) is 15.3. The van der Waals surface area contributed by atoms with E-state index in [-0.39, 0.29) is 17.0 Å². The Balaban J connectivity index is 1.64. The van der Waals surface area contributed by atoms with Crippen LogP contribution in [0.2, 0.25) is 0 Å². The number of aryl methyl sites for hydroxylation is 1. The molecule has 1 unspecified atom stereocenters. The van der Waals surface area contributed by atoms with E-state index in [0.717, 1.165) is 0 Å². The van der Waals surface area contributed by atoms with Crippen LogP contribution < -0.4 is 5.32 Å². The Morgan fingerprint density at radius 2 is 1.97 bits per heavy atom. The van der Waals surface area contributed by atoms with E-state index in [1.165, 1.54) is 30.3 Å². The Hall–Kier alpha value is -3.81. The molecular formula is C21H16F2N4O2. The molecule has 0 aliphatic rings. The van der Waals surface area contributed by atoms with Crippen LogP contribution in [0.25, 0.3) is 11.3 Å². The molecule has 0 bridgehead atoms. The maximum atomic E-state index is 14.0. The quantitative estimate of drug-likeness (QED) is 0.558. The predicted octanol–water partition coefficient (Wildman–Crippen LogP) is 3.87. The lowest BCUT2D eigenvalue weighted by molar-refractivity contribution is 0.0932. The van der Waals surface area contributed by atoms with Gasteiger partial charge in [-0.25, -0.2) is 13.8 Å². The molecule has 8 heteroatoms. The summed E-state index contributed by atoms with van der Waals surface area (Å²) in [5, 5.41) is 6.54. The van der Waals surface area contributed by atoms with Gasteiger partial charge in [-0.15, -0.1) is 0 Å². The van der Waals surface area contributed by atoms with E-state index in [4.69, 9.17) is 4.52 Å². The first kappa shape index (κ1) is 18.5. The Bertz CT molecular complexity index is 1170. The van der Waals surface area contributed by atoms with Crippen molar-refractivity contribution in [3.05, 3.63) is 95.7 Å². The van der Waals surface area contributed by atoms with Crippen LogP contribution in [0.3, 0.4) is 0 Å². The number of hydrogen-bond donors (Lipinski definition) is 1. The second-order valence-corrected chi connectivity index (χ2v) is 6.41. The SMILES string of the molecule is Cn1ccnc1C(NC(=O)c1cc(-c2ccccc2F)on1)c1cccc(F)c1. The van der Waals surface area contributed by atoms with Gasteiger partial charge in [-0.2, -0.15) is 0 Å². The lowest BCUT2D eigenvalue weighted by Gasteiger charge is -2.18. The van der Waals surface area contributed by atoms with Gasteiger partial charge < -0.3 is 14.4 Å². The molecule has 2 aromatic carbocycles. The van der Waals surface area contributed by atoms with Crippen LogP contribution in [0.1, 0.15) is 27.9 Å². The molecule has 0 spiro atoms. The van der Waals surface area contributed by atoms with Crippen LogP contribution in [0.4, 0.5) is 8.78 Å². The fourth-order valence-corrected chi connectivity index (χ4v) is 3.01. The molecule has 29 heavy (non-hydrogen) atoms. The summed E-state index contributed by atoms with van der Waals surface area (Å²) in [6, 6.07) is 12.6. The van der Waals surface area contributed by atoms with Gasteiger partial charge >= 0.3 is 0 Å². The van der Waals surface area contributed by atoms with Crippen LogP contribution in [0.5, 0.6) is 0 Å². The second-order valence-electron chi connectivity index (χ2n) is 6.41. The third kappa shape index (κ3) is 3.77. The molecule has 0 aliphatic carbocycles. The van der Waals surface area contributed by atoms with Crippen LogP contribution >= 0.6 is 0 Å². The van der Waals surface area contributed by atoms with E-state index in [1.807, 2.05) is 0 Å². The monoisotopic (exact) mass is 394 g/mol. The van der Waals surface area contributed by atoms with Crippen molar-refractivity contribution >= 4 is 5.91 Å². The van der Waals surface area contributed by atoms with Crippen LogP contribution in [-0.2, 0) is 7.05 Å². The molecule has 0 saturated heterocycles. The zero-order valence-corrected chi connectivity index (χ0v) is 15.3. The first-order valence-electron chi connectivity index (χ1n) is 8.78. The minimum Gasteiger partial charge on any atom is -0.355 e. The topological polar surface area (TPSA) is 73.0 Å². The number of carbonyl (C=O) groups is 1. The number of rotatable bonds is 5. The Morgan fingerprint density at radius 3 is 2.69 bits per heavy atom. The predicted molar refractivity (Wildman–Crippen MR) is 101 cm³/mol. The van der Waals surface area contributed by atoms with Gasteiger partial charge in [0.05, 0.1) is 5.56 Å². The van der Waals surface area contributed by atoms with Crippen molar-refractivity contribution in [3.63, 3.8) is 0 Å². The minimum atomic E-state index is -0.716. The Labute approximate surface area is 164 Å². The molecule has 2 heterocycles. The lowest BCUT2D eigenvalue weighted by atomic mass is 10.1. The molecule has 4 rings (SSSR count). The first-order valence-corrected chi connectivity index (χ1v) is 8.78. The van der Waals surface area contributed by atoms with Gasteiger partial charge in [0.25, 0.3) is 5.91 Å². The second kappa shape index (κ2) is 7.67. The van der Waals surface area contributed by atoms with Gasteiger partial charge in [0.2, 0.25) is 0 Å². The highest BCUT2D eigenvalue weighted by atomic mass is 19.1. The Kier molecular flexibility index (Phi) is 4.90. The van der Waals surface area contributed by atoms with Crippen molar-refractivity contribution in [3.8, 4) is 11.3 Å². The summed E-state index contributed by atoms with van der Waals surface area (Å²) in [4.78, 5) is 17.1. The smallest absolute Gasteiger partial charge is 0.274 e. The number of aromatic nitrogens is 3. The molecule has 146 valence electrons. The summed E-state index contributed by atoms with van der Waals surface area (Å²) in [5.74, 6) is -0.830. The van der Waals surface area contributed by atoms with Gasteiger partial charge in [0, 0.05) is 25.5 Å². The molecule has 0 saturated carbocycles. The van der Waals surface area contributed by atoms with Crippen LogP contribution in [0.15, 0.2) is 71.5 Å². The highest BCUT2D eigenvalue weighted by Crippen LogP contribution is 2.25. The standard InChI is InChI=1S/C21H16F2N4O2/c1-27-10-9-24-20(27)19(13-5-4-6-14(22)11-13)25-21(28)17-12-18(29-26-17)15-7-2-3-8-16(15)23/h2-12,19H,1H3,(H,25,28). The van der Waals surface area contributed by atoms with E-state index < -0.39 is 23.6 Å². The summed E-state index contributed by atoms with van der Waals surface area (Å²) < 4.78 is 34.6. The number of nitrogens with one attached hydrogen (secondary N) is 1. The van der Waals surface area contributed by atoms with E-state index in [0.29, 0.717) is 11.4 Å². The number of carbonyl (C=O) groups excluding carboxylic acids is 1. The fraction of sp³-hybridized carbons (Fsp3) is 0.0952. The summed E-state index contributed by atoms with van der Waals surface area (Å²) in [6.45, 7) is 0. The van der Waals surface area contributed by atoms with Crippen molar-refractivity contribution in [1.82, 2.24) is 20.0 Å². The average Bonchev–Trinajstić information content (AvgIpc) is 3.36. The van der Waals surface area contributed by atoms with Crippen molar-refractivity contribution in [1.29, 1.82) is 0 Å². The molecule has 6 nitrogen and oxygen atoms in total. The molecule has 0 radical (unpaired) electrons. The molecule has 0 fully saturated rings. The maximum Gasteiger partial charge on any atom is 0.274 e. The van der Waals surface area contributed by atoms with E-state index in [2.05, 4.69) is 15.5 Å². The Morgan fingerprint density at radius 1 is 1.14 bits per heavy atom. The largest absolute Gasteiger partial charge is 0.355 e. The van der Waals surface area contributed by atoms with Gasteiger partial charge in [-0.1, -0.05) is 29.4 Å². The molecule has 0 aliphatic heterocycles. The van der Waals surface area contributed by atoms with E-state index in [1.54, 1.807) is 48.3 Å². The fourth-order valence-electron chi connectivity index (χ4n) is 3.01. The summed E-state index contributed by atoms with van der Waals surface area (Å²) >= 11 is 0. The number of halogens is 2.